The molecule has 0 aliphatic carbocycles. The van der Waals surface area contributed by atoms with Gasteiger partial charge >= 0.3 is 29.6 Å². The van der Waals surface area contributed by atoms with Gasteiger partial charge in [0.2, 0.25) is 34.4 Å². The third-order valence-electron chi connectivity index (χ3n) is 10.9. The van der Waals surface area contributed by atoms with Crippen LogP contribution >= 0.6 is 0 Å². The fourth-order valence-corrected chi connectivity index (χ4v) is 11.0. The minimum absolute atomic E-state index is 0. The van der Waals surface area contributed by atoms with Crippen molar-refractivity contribution in [3.63, 3.8) is 0 Å². The van der Waals surface area contributed by atoms with Crippen LogP contribution < -0.4 is 61.8 Å². The summed E-state index contributed by atoms with van der Waals surface area (Å²) in [6.07, 6.45) is 2.14. The molecular weight excluding hydrogens is 1180 g/mol. The van der Waals surface area contributed by atoms with Gasteiger partial charge in [0.15, 0.2) is 0 Å². The maximum Gasteiger partial charge on any atom is 1.00 e. The molecule has 4 heterocycles. The van der Waals surface area contributed by atoms with Crippen LogP contribution in [0.5, 0.6) is 0 Å². The molecule has 2 saturated heterocycles. The average molecular weight is 1220 g/mol. The molecule has 0 amide bonds. The Kier molecular flexibility index (Phi) is 18.0. The molecule has 2 fully saturated rings. The van der Waals surface area contributed by atoms with Crippen LogP contribution in [-0.2, 0) is 70.2 Å². The Labute approximate surface area is 468 Å². The molecule has 2 aromatic heterocycles. The van der Waals surface area contributed by atoms with Gasteiger partial charge in [0.25, 0.3) is 60.7 Å². The summed E-state index contributed by atoms with van der Waals surface area (Å²) in [5, 5.41) is 0. The summed E-state index contributed by atoms with van der Waals surface area (Å²) in [7, 11) is -30.2. The van der Waals surface area contributed by atoms with E-state index in [1.54, 1.807) is 9.80 Å². The molecule has 32 nitrogen and oxygen atoms in total. The summed E-state index contributed by atoms with van der Waals surface area (Å²) in [6.45, 7) is 1.98. The fourth-order valence-electron chi connectivity index (χ4n) is 7.36. The predicted octanol–water partition coefficient (Wildman–Crippen LogP) is -2.95. The molecule has 4 aromatic carbocycles. The first-order valence-electron chi connectivity index (χ1n) is 21.7. The number of hydrogen-bond acceptors (Lipinski definition) is 22. The normalized spacial score (nSPS) is 16.2. The summed E-state index contributed by atoms with van der Waals surface area (Å²) < 4.78 is 219. The van der Waals surface area contributed by atoms with Crippen LogP contribution in [0.25, 0.3) is 12.2 Å². The number of rotatable bonds is 14. The molecule has 79 heavy (non-hydrogen) atoms. The molecule has 2 aliphatic rings. The second-order valence-electron chi connectivity index (χ2n) is 16.2. The van der Waals surface area contributed by atoms with Gasteiger partial charge in [-0.25, -0.2) is 20.0 Å². The Morgan fingerprint density at radius 3 is 1.09 bits per heavy atom. The molecule has 8 rings (SSSR count). The van der Waals surface area contributed by atoms with Crippen LogP contribution in [0.2, 0.25) is 0 Å². The second kappa shape index (κ2) is 23.5. The van der Waals surface area contributed by atoms with Crippen LogP contribution in [0.1, 0.15) is 11.1 Å². The Balaban J connectivity index is 0.00000903. The molecule has 416 valence electrons. The molecule has 6 aromatic rings. The number of anilines is 2. The van der Waals surface area contributed by atoms with Crippen molar-refractivity contribution in [3.8, 4) is 0 Å². The van der Waals surface area contributed by atoms with E-state index in [2.05, 4.69) is 49.9 Å². The summed E-state index contributed by atoms with van der Waals surface area (Å²) in [4.78, 5) is 34.9. The number of nitrogens with zero attached hydrogens (tertiary/aromatic N) is 8. The number of ether oxygens (including phenoxy) is 2. The van der Waals surface area contributed by atoms with Gasteiger partial charge in [-0.1, -0.05) is 24.3 Å². The van der Waals surface area contributed by atoms with Gasteiger partial charge in [0.05, 0.1) is 59.0 Å². The van der Waals surface area contributed by atoms with Gasteiger partial charge in [-0.05, 0) is 71.8 Å². The van der Waals surface area contributed by atoms with E-state index in [1.807, 2.05) is 0 Å². The molecular formula is C40H40N12NaO20S6+. The van der Waals surface area contributed by atoms with Crippen LogP contribution in [0, 0.1) is 0 Å². The predicted molar refractivity (Wildman–Crippen MR) is 266 cm³/mol. The van der Waals surface area contributed by atoms with Crippen LogP contribution in [-0.4, -0.2) is 160 Å². The van der Waals surface area contributed by atoms with Crippen molar-refractivity contribution in [1.29, 1.82) is 0 Å². The molecule has 0 bridgehead atoms. The van der Waals surface area contributed by atoms with Gasteiger partial charge in [-0.15, -0.1) is 0 Å². The number of nitrogens with one attached hydrogen (secondary N) is 4. The number of H-pyrrole nitrogens is 4. The summed E-state index contributed by atoms with van der Waals surface area (Å²) in [5.74, 6) is 0.0660. The molecule has 2 aliphatic heterocycles. The van der Waals surface area contributed by atoms with Crippen molar-refractivity contribution in [3.05, 3.63) is 106 Å². The van der Waals surface area contributed by atoms with Crippen LogP contribution in [0.3, 0.4) is 0 Å². The van der Waals surface area contributed by atoms with Crippen LogP contribution in [0.15, 0.2) is 122 Å². The molecule has 0 atom stereocenters. The van der Waals surface area contributed by atoms with E-state index in [4.69, 9.17) is 9.47 Å². The van der Waals surface area contributed by atoms with E-state index >= 15 is 0 Å². The maximum absolute atomic E-state index is 12.9. The van der Waals surface area contributed by atoms with E-state index in [-0.39, 0.29) is 139 Å². The van der Waals surface area contributed by atoms with Crippen molar-refractivity contribution < 1.29 is 117 Å². The standard InChI is InChI=1S/C40H40N12O20S6.Na/c53-73(54,55)27-7-9-31(75(59,60)61)29(21-27)43-37-45-35(47-39(49-37)51-11-15-71-16-12-51)41-25-5-3-23(33(19-25)77(65,66)67)1-2-24-4-6-26(20-34(24)78(68,69)70)42-36-46-38(50-40(48-36)52-13-17-72-18-14-52)44-30-22-28(74(56,57)58)8-10-32(30)76(62,63)64;/h1-10,19-22H,11-18H2,(H,53,54,55)(H,56,57,58)(H,59,60,61)(H,62,63,64)(H,65,66,67)(H,68,69,70)(H2,41,43,45,47,49)(H2,42,44,46,48,50);/q;+1/b2-1+;. The zero-order chi connectivity index (χ0) is 56.6. The van der Waals surface area contributed by atoms with Crippen molar-refractivity contribution in [1.82, 2.24) is 29.9 Å². The Morgan fingerprint density at radius 2 is 0.772 bits per heavy atom. The van der Waals surface area contributed by atoms with Gasteiger partial charge in [0.1, 0.15) is 19.6 Å². The second-order valence-corrected chi connectivity index (χ2v) is 24.7. The van der Waals surface area contributed by atoms with E-state index in [1.165, 1.54) is 12.1 Å². The zero-order valence-corrected chi connectivity index (χ0v) is 47.1. The minimum Gasteiger partial charge on any atom is -0.378 e. The van der Waals surface area contributed by atoms with Gasteiger partial charge in [0, 0.05) is 26.2 Å². The monoisotopic (exact) mass is 1220 g/mol. The average Bonchev–Trinajstić information content (AvgIpc) is 3.39. The van der Waals surface area contributed by atoms with Gasteiger partial charge in [-0.2, -0.15) is 60.5 Å². The van der Waals surface area contributed by atoms with E-state index in [0.717, 1.165) is 36.4 Å². The Hall–Kier alpha value is -6.18. The molecule has 0 unspecified atom stereocenters. The third-order valence-corrected chi connectivity index (χ3v) is 16.2. The Morgan fingerprint density at radius 1 is 0.430 bits per heavy atom. The molecule has 0 radical (unpaired) electrons. The quantitative estimate of drug-likeness (QED) is 0.0296. The van der Waals surface area contributed by atoms with Crippen LogP contribution in [0.4, 0.5) is 34.6 Å². The molecule has 0 saturated carbocycles. The van der Waals surface area contributed by atoms with E-state index < -0.39 is 101 Å². The smallest absolute Gasteiger partial charge is 0.378 e. The number of benzene rings is 4. The van der Waals surface area contributed by atoms with Crippen molar-refractivity contribution in [2.24, 2.45) is 20.0 Å². The molecule has 0 spiro atoms. The first kappa shape index (κ1) is 60.5. The van der Waals surface area contributed by atoms with Crippen molar-refractivity contribution in [2.45, 2.75) is 29.4 Å². The molecule has 10 N–H and O–H groups in total. The zero-order valence-electron chi connectivity index (χ0n) is 40.2. The van der Waals surface area contributed by atoms with Crippen molar-refractivity contribution >= 4 is 108 Å². The fraction of sp³-hybridized carbons (Fsp3) is 0.200. The summed E-state index contributed by atoms with van der Waals surface area (Å²) >= 11 is 0. The van der Waals surface area contributed by atoms with Gasteiger partial charge < -0.3 is 19.3 Å². The molecule has 39 heteroatoms. The first-order chi connectivity index (χ1) is 36.4. The van der Waals surface area contributed by atoms with E-state index in [0.29, 0.717) is 36.4 Å². The van der Waals surface area contributed by atoms with Gasteiger partial charge in [-0.3, -0.25) is 47.3 Å². The first-order valence-corrected chi connectivity index (χ1v) is 30.4. The number of aromatic nitrogens is 6. The number of hydrogen-bond donors (Lipinski definition) is 10. The SMILES string of the molecule is O=S(=O)(O)c1ccc(S(=O)(=O)O)c(N=c2[nH]c(N3CCOCC3)nc(=Nc3ccc(/C=C/c4ccc(N=c5nc(N6CCOCC6)[nH]c(=Nc6cc(S(=O)(=O)O)ccc6S(=O)(=O)O)[nH]5)cc4S(=O)(=O)O)c(S(=O)(=O)O)c3)[nH]2)c1.[Na+]. The summed E-state index contributed by atoms with van der Waals surface area (Å²) in [6, 6.07) is 10.7. The maximum atomic E-state index is 12.9. The third kappa shape index (κ3) is 15.4. The number of aromatic amines is 4. The van der Waals surface area contributed by atoms with E-state index in [9.17, 15) is 77.8 Å². The van der Waals surface area contributed by atoms with Crippen molar-refractivity contribution in [2.75, 3.05) is 62.4 Å². The number of morpholine rings is 2. The Bertz CT molecular complexity index is 4160. The summed E-state index contributed by atoms with van der Waals surface area (Å²) in [5.41, 5.74) is -3.67. The topological polar surface area (TPSA) is 490 Å². The minimum atomic E-state index is -5.13. The largest absolute Gasteiger partial charge is 1.00 e.